The molecule has 3 nitrogen and oxygen atoms in total. The lowest BCUT2D eigenvalue weighted by atomic mass is 9.93. The Morgan fingerprint density at radius 3 is 2.67 bits per heavy atom. The molecule has 0 saturated carbocycles. The van der Waals surface area contributed by atoms with Crippen LogP contribution in [-0.2, 0) is 11.8 Å². The van der Waals surface area contributed by atoms with E-state index >= 15 is 0 Å². The Bertz CT molecular complexity index is 622. The van der Waals surface area contributed by atoms with Crippen LogP contribution in [0.25, 0.3) is 0 Å². The number of hydrogen-bond acceptors (Lipinski definition) is 4. The number of nitrogens with zero attached hydrogens (tertiary/aromatic N) is 1. The fourth-order valence-electron chi connectivity index (χ4n) is 1.97. The normalized spacial score (nSPS) is 13.4. The van der Waals surface area contributed by atoms with E-state index in [2.05, 4.69) is 47.5 Å². The van der Waals surface area contributed by atoms with Crippen LogP contribution in [0.1, 0.15) is 43.1 Å². The highest BCUT2D eigenvalue weighted by Gasteiger charge is 2.20. The summed E-state index contributed by atoms with van der Waals surface area (Å²) in [6.07, 6.45) is 0.721. The molecule has 0 saturated heterocycles. The highest BCUT2D eigenvalue weighted by molar-refractivity contribution is 9.10. The summed E-state index contributed by atoms with van der Waals surface area (Å²) in [5.41, 5.74) is 5.00. The lowest BCUT2D eigenvalue weighted by molar-refractivity contribution is 0.541. The summed E-state index contributed by atoms with van der Waals surface area (Å²) in [6, 6.07) is 5.77. The van der Waals surface area contributed by atoms with Crippen molar-refractivity contribution in [3.63, 3.8) is 0 Å². The van der Waals surface area contributed by atoms with E-state index in [-0.39, 0.29) is 11.5 Å². The number of aromatic nitrogens is 1. The van der Waals surface area contributed by atoms with E-state index in [1.54, 1.807) is 11.3 Å². The van der Waals surface area contributed by atoms with Crippen molar-refractivity contribution in [3.05, 3.63) is 49.3 Å². The van der Waals surface area contributed by atoms with Gasteiger partial charge in [0.25, 0.3) is 0 Å². The molecular formula is C15H19BrClN3S. The van der Waals surface area contributed by atoms with E-state index < -0.39 is 0 Å². The molecule has 114 valence electrons. The minimum Gasteiger partial charge on any atom is -0.271 e. The van der Waals surface area contributed by atoms with E-state index in [0.717, 1.165) is 27.2 Å². The average Bonchev–Trinajstić information content (AvgIpc) is 2.85. The number of nitrogens with one attached hydrogen (secondary N) is 1. The topological polar surface area (TPSA) is 50.9 Å². The predicted molar refractivity (Wildman–Crippen MR) is 93.7 cm³/mol. The molecule has 2 rings (SSSR count). The highest BCUT2D eigenvalue weighted by Crippen LogP contribution is 2.30. The summed E-state index contributed by atoms with van der Waals surface area (Å²) < 4.78 is 0.955. The Hall–Kier alpha value is -0.460. The van der Waals surface area contributed by atoms with E-state index in [0.29, 0.717) is 5.02 Å². The number of hydrazine groups is 1. The van der Waals surface area contributed by atoms with Crippen LogP contribution < -0.4 is 11.3 Å². The van der Waals surface area contributed by atoms with Crippen molar-refractivity contribution in [1.29, 1.82) is 0 Å². The Morgan fingerprint density at radius 1 is 1.43 bits per heavy atom. The Balaban J connectivity index is 2.21. The van der Waals surface area contributed by atoms with Crippen molar-refractivity contribution in [1.82, 2.24) is 10.4 Å². The first-order valence-electron chi connectivity index (χ1n) is 6.67. The Labute approximate surface area is 143 Å². The first kappa shape index (κ1) is 16.9. The number of rotatable bonds is 4. The van der Waals surface area contributed by atoms with Gasteiger partial charge in [-0.3, -0.25) is 11.3 Å². The van der Waals surface area contributed by atoms with Crippen molar-refractivity contribution >= 4 is 38.9 Å². The molecule has 21 heavy (non-hydrogen) atoms. The number of nitrogens with two attached hydrogens (primary N) is 1. The van der Waals surface area contributed by atoms with Crippen LogP contribution in [-0.4, -0.2) is 4.98 Å². The van der Waals surface area contributed by atoms with Crippen molar-refractivity contribution in [2.75, 3.05) is 0 Å². The standard InChI is InChI=1S/C15H19BrClN3S/c1-15(2,3)13-8-21-14(19-13)7-12(20-18)10-5-4-9(16)6-11(10)17/h4-6,8,12,20H,7,18H2,1-3H3. The van der Waals surface area contributed by atoms with Crippen LogP contribution in [0.4, 0.5) is 0 Å². The third-order valence-corrected chi connectivity index (χ3v) is 4.93. The van der Waals surface area contributed by atoms with Crippen LogP contribution in [0, 0.1) is 0 Å². The highest BCUT2D eigenvalue weighted by atomic mass is 79.9. The smallest absolute Gasteiger partial charge is 0.0948 e. The quantitative estimate of drug-likeness (QED) is 0.594. The second-order valence-electron chi connectivity index (χ2n) is 5.97. The third-order valence-electron chi connectivity index (χ3n) is 3.24. The molecule has 2 aromatic rings. The predicted octanol–water partition coefficient (Wildman–Crippen LogP) is 4.60. The van der Waals surface area contributed by atoms with E-state index in [9.17, 15) is 0 Å². The molecule has 1 heterocycles. The molecule has 1 unspecified atom stereocenters. The molecule has 1 aromatic carbocycles. The molecule has 1 aromatic heterocycles. The van der Waals surface area contributed by atoms with Gasteiger partial charge in [0.2, 0.25) is 0 Å². The fraction of sp³-hybridized carbons (Fsp3) is 0.400. The van der Waals surface area contributed by atoms with Gasteiger partial charge in [0.05, 0.1) is 16.7 Å². The third kappa shape index (κ3) is 4.27. The second-order valence-corrected chi connectivity index (χ2v) is 8.23. The van der Waals surface area contributed by atoms with Gasteiger partial charge in [-0.1, -0.05) is 54.4 Å². The Morgan fingerprint density at radius 2 is 2.14 bits per heavy atom. The van der Waals surface area contributed by atoms with Gasteiger partial charge >= 0.3 is 0 Å². The first-order valence-corrected chi connectivity index (χ1v) is 8.72. The lowest BCUT2D eigenvalue weighted by Gasteiger charge is -2.17. The van der Waals surface area contributed by atoms with Gasteiger partial charge in [-0.05, 0) is 17.7 Å². The second kappa shape index (κ2) is 6.75. The summed E-state index contributed by atoms with van der Waals surface area (Å²) in [4.78, 5) is 4.71. The molecule has 0 radical (unpaired) electrons. The van der Waals surface area contributed by atoms with Gasteiger partial charge < -0.3 is 0 Å². The van der Waals surface area contributed by atoms with Crippen molar-refractivity contribution < 1.29 is 0 Å². The first-order chi connectivity index (χ1) is 9.81. The molecule has 0 aliphatic carbocycles. The summed E-state index contributed by atoms with van der Waals surface area (Å²) in [7, 11) is 0. The number of hydrogen-bond donors (Lipinski definition) is 2. The monoisotopic (exact) mass is 387 g/mol. The average molecular weight is 389 g/mol. The number of benzene rings is 1. The molecule has 6 heteroatoms. The zero-order valence-corrected chi connectivity index (χ0v) is 15.4. The largest absolute Gasteiger partial charge is 0.271 e. The van der Waals surface area contributed by atoms with Crippen molar-refractivity contribution in [2.24, 2.45) is 5.84 Å². The number of thiazole rings is 1. The molecule has 0 amide bonds. The number of halogens is 2. The zero-order valence-electron chi connectivity index (χ0n) is 12.3. The molecule has 0 bridgehead atoms. The molecule has 1 atom stereocenters. The molecule has 0 fully saturated rings. The maximum absolute atomic E-state index is 6.30. The van der Waals surface area contributed by atoms with Gasteiger partial charge in [-0.25, -0.2) is 4.98 Å². The van der Waals surface area contributed by atoms with Gasteiger partial charge in [0.15, 0.2) is 0 Å². The maximum atomic E-state index is 6.30. The summed E-state index contributed by atoms with van der Waals surface area (Å²) in [5.74, 6) is 5.71. The van der Waals surface area contributed by atoms with Crippen LogP contribution >= 0.6 is 38.9 Å². The van der Waals surface area contributed by atoms with Crippen LogP contribution in [0.2, 0.25) is 5.02 Å². The van der Waals surface area contributed by atoms with Crippen molar-refractivity contribution in [3.8, 4) is 0 Å². The van der Waals surface area contributed by atoms with Gasteiger partial charge in [0, 0.05) is 26.7 Å². The molecule has 0 aliphatic heterocycles. The van der Waals surface area contributed by atoms with Crippen LogP contribution in [0.5, 0.6) is 0 Å². The maximum Gasteiger partial charge on any atom is 0.0948 e. The van der Waals surface area contributed by atoms with Gasteiger partial charge in [-0.2, -0.15) is 0 Å². The summed E-state index contributed by atoms with van der Waals surface area (Å²) in [6.45, 7) is 6.49. The lowest BCUT2D eigenvalue weighted by Crippen LogP contribution is -2.29. The van der Waals surface area contributed by atoms with E-state index in [4.69, 9.17) is 22.4 Å². The van der Waals surface area contributed by atoms with E-state index in [1.165, 1.54) is 0 Å². The summed E-state index contributed by atoms with van der Waals surface area (Å²) >= 11 is 11.4. The fourth-order valence-corrected chi connectivity index (χ4v) is 3.84. The molecule has 3 N–H and O–H groups in total. The summed E-state index contributed by atoms with van der Waals surface area (Å²) in [5, 5.41) is 3.87. The SMILES string of the molecule is CC(C)(C)c1csc(CC(NN)c2ccc(Br)cc2Cl)n1. The van der Waals surface area contributed by atoms with Crippen LogP contribution in [0.15, 0.2) is 28.1 Å². The van der Waals surface area contributed by atoms with Crippen LogP contribution in [0.3, 0.4) is 0 Å². The minimum absolute atomic E-state index is 0.0513. The minimum atomic E-state index is -0.0513. The Kier molecular flexibility index (Phi) is 5.43. The van der Waals surface area contributed by atoms with E-state index in [1.807, 2.05) is 18.2 Å². The van der Waals surface area contributed by atoms with Crippen molar-refractivity contribution in [2.45, 2.75) is 38.6 Å². The molecule has 0 aliphatic rings. The van der Waals surface area contributed by atoms with Gasteiger partial charge in [-0.15, -0.1) is 11.3 Å². The molecule has 0 spiro atoms. The van der Waals surface area contributed by atoms with Gasteiger partial charge in [0.1, 0.15) is 0 Å². The molecular weight excluding hydrogens is 370 g/mol. The zero-order chi connectivity index (χ0) is 15.6.